The van der Waals surface area contributed by atoms with Gasteiger partial charge in [-0.25, -0.2) is 0 Å². The molecule has 0 aromatic carbocycles. The zero-order valence-corrected chi connectivity index (χ0v) is 9.31. The highest BCUT2D eigenvalue weighted by Crippen LogP contribution is 2.34. The summed E-state index contributed by atoms with van der Waals surface area (Å²) in [6.07, 6.45) is 4.10. The molecule has 1 aromatic rings. The van der Waals surface area contributed by atoms with Crippen molar-refractivity contribution in [2.24, 2.45) is 13.0 Å². The van der Waals surface area contributed by atoms with Gasteiger partial charge in [0.2, 0.25) is 0 Å². The Kier molecular flexibility index (Phi) is 3.07. The molecule has 1 fully saturated rings. The molecular formula is C11H18N2O2. The molecule has 1 saturated heterocycles. The largest absolute Gasteiger partial charge is 0.396 e. The van der Waals surface area contributed by atoms with E-state index in [1.807, 2.05) is 20.2 Å². The highest BCUT2D eigenvalue weighted by Gasteiger charge is 2.29. The van der Waals surface area contributed by atoms with Crippen LogP contribution in [0.25, 0.3) is 0 Å². The molecule has 1 aromatic heterocycles. The fourth-order valence-corrected chi connectivity index (χ4v) is 2.27. The number of aromatic nitrogens is 2. The van der Waals surface area contributed by atoms with Crippen LogP contribution >= 0.6 is 0 Å². The Morgan fingerprint density at radius 1 is 1.67 bits per heavy atom. The van der Waals surface area contributed by atoms with Gasteiger partial charge >= 0.3 is 0 Å². The van der Waals surface area contributed by atoms with Gasteiger partial charge in [0.05, 0.1) is 11.8 Å². The maximum atomic E-state index is 9.31. The number of ether oxygens (including phenoxy) is 1. The van der Waals surface area contributed by atoms with E-state index in [9.17, 15) is 5.11 Å². The van der Waals surface area contributed by atoms with Crippen molar-refractivity contribution in [1.29, 1.82) is 0 Å². The SMILES string of the molecule is Cc1nn(C)cc1C1OCCCC1CO. The van der Waals surface area contributed by atoms with Crippen molar-refractivity contribution >= 4 is 0 Å². The summed E-state index contributed by atoms with van der Waals surface area (Å²) in [6, 6.07) is 0. The molecule has 0 bridgehead atoms. The van der Waals surface area contributed by atoms with Crippen LogP contribution in [0.15, 0.2) is 6.20 Å². The van der Waals surface area contributed by atoms with Gasteiger partial charge in [0.1, 0.15) is 0 Å². The molecular weight excluding hydrogens is 192 g/mol. The van der Waals surface area contributed by atoms with Crippen LogP contribution < -0.4 is 0 Å². The summed E-state index contributed by atoms with van der Waals surface area (Å²) >= 11 is 0. The Balaban J connectivity index is 2.23. The van der Waals surface area contributed by atoms with E-state index < -0.39 is 0 Å². The third-order valence-electron chi connectivity index (χ3n) is 3.04. The molecule has 2 heterocycles. The summed E-state index contributed by atoms with van der Waals surface area (Å²) in [6.45, 7) is 2.97. The summed E-state index contributed by atoms with van der Waals surface area (Å²) < 4.78 is 7.55. The molecule has 2 rings (SSSR count). The fraction of sp³-hybridized carbons (Fsp3) is 0.727. The lowest BCUT2D eigenvalue weighted by molar-refractivity contribution is -0.0460. The average Bonchev–Trinajstić information content (AvgIpc) is 2.57. The first kappa shape index (κ1) is 10.6. The van der Waals surface area contributed by atoms with Gasteiger partial charge < -0.3 is 9.84 Å². The van der Waals surface area contributed by atoms with Crippen molar-refractivity contribution in [3.8, 4) is 0 Å². The van der Waals surface area contributed by atoms with Crippen molar-refractivity contribution in [2.45, 2.75) is 25.9 Å². The van der Waals surface area contributed by atoms with Crippen molar-refractivity contribution < 1.29 is 9.84 Å². The third-order valence-corrected chi connectivity index (χ3v) is 3.04. The molecule has 15 heavy (non-hydrogen) atoms. The first-order chi connectivity index (χ1) is 7.22. The number of hydrogen-bond donors (Lipinski definition) is 1. The number of aliphatic hydroxyl groups excluding tert-OH is 1. The van der Waals surface area contributed by atoms with Crippen LogP contribution in [-0.4, -0.2) is 28.1 Å². The molecule has 0 spiro atoms. The zero-order valence-electron chi connectivity index (χ0n) is 9.31. The van der Waals surface area contributed by atoms with E-state index in [0.717, 1.165) is 30.7 Å². The van der Waals surface area contributed by atoms with E-state index in [-0.39, 0.29) is 18.6 Å². The third kappa shape index (κ3) is 2.06. The van der Waals surface area contributed by atoms with Gasteiger partial charge in [0.25, 0.3) is 0 Å². The van der Waals surface area contributed by atoms with Crippen LogP contribution in [-0.2, 0) is 11.8 Å². The van der Waals surface area contributed by atoms with Crippen molar-refractivity contribution in [1.82, 2.24) is 9.78 Å². The van der Waals surface area contributed by atoms with Gasteiger partial charge in [-0.05, 0) is 19.8 Å². The molecule has 0 amide bonds. The minimum absolute atomic E-state index is 0.0254. The lowest BCUT2D eigenvalue weighted by Crippen LogP contribution is -2.25. The van der Waals surface area contributed by atoms with E-state index in [4.69, 9.17) is 4.74 Å². The summed E-state index contributed by atoms with van der Waals surface area (Å²) in [5.74, 6) is 0.224. The average molecular weight is 210 g/mol. The molecule has 84 valence electrons. The molecule has 1 aliphatic rings. The van der Waals surface area contributed by atoms with Crippen LogP contribution in [0.5, 0.6) is 0 Å². The Labute approximate surface area is 89.9 Å². The van der Waals surface area contributed by atoms with Crippen molar-refractivity contribution in [3.05, 3.63) is 17.5 Å². The summed E-state index contributed by atoms with van der Waals surface area (Å²) in [7, 11) is 1.91. The smallest absolute Gasteiger partial charge is 0.0907 e. The predicted molar refractivity (Wildman–Crippen MR) is 56.4 cm³/mol. The van der Waals surface area contributed by atoms with Gasteiger partial charge in [-0.1, -0.05) is 0 Å². The van der Waals surface area contributed by atoms with Crippen LogP contribution in [0, 0.1) is 12.8 Å². The van der Waals surface area contributed by atoms with Gasteiger partial charge in [-0.3, -0.25) is 4.68 Å². The Bertz CT molecular complexity index is 335. The van der Waals surface area contributed by atoms with E-state index >= 15 is 0 Å². The number of aliphatic hydroxyl groups is 1. The molecule has 1 aliphatic heterocycles. The van der Waals surface area contributed by atoms with Crippen LogP contribution in [0.2, 0.25) is 0 Å². The number of nitrogens with zero attached hydrogens (tertiary/aromatic N) is 2. The van der Waals surface area contributed by atoms with Crippen LogP contribution in [0.4, 0.5) is 0 Å². The first-order valence-electron chi connectivity index (χ1n) is 5.45. The Hall–Kier alpha value is -0.870. The first-order valence-corrected chi connectivity index (χ1v) is 5.45. The quantitative estimate of drug-likeness (QED) is 0.797. The topological polar surface area (TPSA) is 47.3 Å². The summed E-state index contributed by atoms with van der Waals surface area (Å²) in [5, 5.41) is 13.6. The van der Waals surface area contributed by atoms with E-state index in [1.165, 1.54) is 0 Å². The van der Waals surface area contributed by atoms with E-state index in [1.54, 1.807) is 4.68 Å². The number of hydrogen-bond acceptors (Lipinski definition) is 3. The Morgan fingerprint density at radius 3 is 3.07 bits per heavy atom. The molecule has 2 unspecified atom stereocenters. The molecule has 4 nitrogen and oxygen atoms in total. The maximum Gasteiger partial charge on any atom is 0.0907 e. The van der Waals surface area contributed by atoms with E-state index in [0.29, 0.717) is 0 Å². The molecule has 1 N–H and O–H groups in total. The molecule has 2 atom stereocenters. The van der Waals surface area contributed by atoms with Crippen molar-refractivity contribution in [3.63, 3.8) is 0 Å². The normalized spacial score (nSPS) is 26.9. The standard InChI is InChI=1S/C11H18N2O2/c1-8-10(6-13(2)12-8)11-9(7-14)4-3-5-15-11/h6,9,11,14H,3-5,7H2,1-2H3. The van der Waals surface area contributed by atoms with Crippen LogP contribution in [0.1, 0.15) is 30.2 Å². The minimum Gasteiger partial charge on any atom is -0.396 e. The lowest BCUT2D eigenvalue weighted by Gasteiger charge is -2.30. The molecule has 0 radical (unpaired) electrons. The summed E-state index contributed by atoms with van der Waals surface area (Å²) in [5.41, 5.74) is 2.12. The Morgan fingerprint density at radius 2 is 2.47 bits per heavy atom. The monoisotopic (exact) mass is 210 g/mol. The molecule has 0 saturated carbocycles. The maximum absolute atomic E-state index is 9.31. The predicted octanol–water partition coefficient (Wildman–Crippen LogP) is 1.19. The van der Waals surface area contributed by atoms with Gasteiger partial charge in [-0.2, -0.15) is 5.10 Å². The van der Waals surface area contributed by atoms with Crippen LogP contribution in [0.3, 0.4) is 0 Å². The van der Waals surface area contributed by atoms with Crippen molar-refractivity contribution in [2.75, 3.05) is 13.2 Å². The number of rotatable bonds is 2. The lowest BCUT2D eigenvalue weighted by atomic mass is 9.90. The van der Waals surface area contributed by atoms with Gasteiger partial charge in [0.15, 0.2) is 0 Å². The second kappa shape index (κ2) is 4.33. The molecule has 4 heteroatoms. The highest BCUT2D eigenvalue weighted by atomic mass is 16.5. The van der Waals surface area contributed by atoms with Gasteiger partial charge in [0, 0.05) is 37.9 Å². The number of aryl methyl sites for hydroxylation is 2. The summed E-state index contributed by atoms with van der Waals surface area (Å²) in [4.78, 5) is 0. The zero-order chi connectivity index (χ0) is 10.8. The van der Waals surface area contributed by atoms with E-state index in [2.05, 4.69) is 5.10 Å². The molecule has 0 aliphatic carbocycles. The highest BCUT2D eigenvalue weighted by molar-refractivity contribution is 5.19. The minimum atomic E-state index is 0.0254. The second-order valence-electron chi connectivity index (χ2n) is 4.22. The fourth-order valence-electron chi connectivity index (χ4n) is 2.27. The second-order valence-corrected chi connectivity index (χ2v) is 4.22. The van der Waals surface area contributed by atoms with Gasteiger partial charge in [-0.15, -0.1) is 0 Å².